The monoisotopic (exact) mass is 246 g/mol. The van der Waals surface area contributed by atoms with Gasteiger partial charge in [-0.2, -0.15) is 0 Å². The zero-order valence-electron chi connectivity index (χ0n) is 11.5. The molecule has 0 bridgehead atoms. The lowest BCUT2D eigenvalue weighted by molar-refractivity contribution is 0.0999. The molecule has 1 saturated heterocycles. The molecule has 0 aliphatic carbocycles. The van der Waals surface area contributed by atoms with E-state index in [0.717, 1.165) is 18.7 Å². The summed E-state index contributed by atoms with van der Waals surface area (Å²) in [6.07, 6.45) is 2.36. The molecule has 1 heterocycles. The molecule has 1 aliphatic rings. The first-order valence-corrected chi connectivity index (χ1v) is 6.63. The Morgan fingerprint density at radius 1 is 1.22 bits per heavy atom. The largest absolute Gasteiger partial charge is 0.366 e. The number of aryl methyl sites for hydroxylation is 1. The summed E-state index contributed by atoms with van der Waals surface area (Å²) in [5.74, 6) is 0.294. The highest BCUT2D eigenvalue weighted by molar-refractivity contribution is 5.95. The topological polar surface area (TPSA) is 55.1 Å². The van der Waals surface area contributed by atoms with Crippen molar-refractivity contribution in [2.75, 3.05) is 13.1 Å². The third-order valence-corrected chi connectivity index (χ3v) is 4.17. The predicted molar refractivity (Wildman–Crippen MR) is 74.0 cm³/mol. The molecule has 3 N–H and O–H groups in total. The van der Waals surface area contributed by atoms with E-state index in [9.17, 15) is 4.79 Å². The van der Waals surface area contributed by atoms with Gasteiger partial charge >= 0.3 is 0 Å². The second-order valence-electron chi connectivity index (χ2n) is 5.29. The minimum atomic E-state index is -0.324. The number of rotatable bonds is 2. The van der Waals surface area contributed by atoms with Gasteiger partial charge in [-0.1, -0.05) is 0 Å². The van der Waals surface area contributed by atoms with Crippen molar-refractivity contribution in [3.05, 3.63) is 33.9 Å². The summed E-state index contributed by atoms with van der Waals surface area (Å²) in [6, 6.07) is 1.96. The number of carbonyl (C=O) groups is 1. The molecule has 0 atom stereocenters. The Morgan fingerprint density at radius 3 is 2.39 bits per heavy atom. The Bertz CT molecular complexity index is 474. The lowest BCUT2D eigenvalue weighted by atomic mass is 9.82. The van der Waals surface area contributed by atoms with Crippen LogP contribution in [0.15, 0.2) is 6.07 Å². The van der Waals surface area contributed by atoms with Crippen molar-refractivity contribution in [2.24, 2.45) is 5.73 Å². The third-order valence-electron chi connectivity index (χ3n) is 4.17. The number of nitrogens with one attached hydrogen (secondary N) is 1. The van der Waals surface area contributed by atoms with Gasteiger partial charge in [-0.15, -0.1) is 0 Å². The van der Waals surface area contributed by atoms with Crippen LogP contribution in [-0.2, 0) is 0 Å². The minimum Gasteiger partial charge on any atom is -0.366 e. The van der Waals surface area contributed by atoms with Crippen LogP contribution in [-0.4, -0.2) is 19.0 Å². The molecule has 0 unspecified atom stereocenters. The van der Waals surface area contributed by atoms with E-state index in [-0.39, 0.29) is 5.91 Å². The van der Waals surface area contributed by atoms with E-state index in [1.165, 1.54) is 29.5 Å². The highest BCUT2D eigenvalue weighted by Crippen LogP contribution is 2.33. The molecule has 1 aliphatic heterocycles. The van der Waals surface area contributed by atoms with Gasteiger partial charge in [0.2, 0.25) is 5.91 Å². The molecule has 1 aromatic rings. The van der Waals surface area contributed by atoms with Gasteiger partial charge in [0, 0.05) is 5.56 Å². The lowest BCUT2D eigenvalue weighted by Gasteiger charge is -2.27. The molecule has 1 amide bonds. The second kappa shape index (κ2) is 5.11. The van der Waals surface area contributed by atoms with Crippen molar-refractivity contribution < 1.29 is 4.79 Å². The molecule has 0 spiro atoms. The first-order valence-electron chi connectivity index (χ1n) is 6.63. The molecular weight excluding hydrogens is 224 g/mol. The van der Waals surface area contributed by atoms with Crippen LogP contribution in [0.3, 0.4) is 0 Å². The standard InChI is InChI=1S/C15H22N2O/c1-9-8-13(15(16)18)10(2)11(3)14(9)12-4-6-17-7-5-12/h8,12,17H,4-7H2,1-3H3,(H2,16,18). The first-order chi connectivity index (χ1) is 8.52. The van der Waals surface area contributed by atoms with Gasteiger partial charge in [-0.05, 0) is 80.9 Å². The number of benzene rings is 1. The number of piperidine rings is 1. The smallest absolute Gasteiger partial charge is 0.248 e. The summed E-state index contributed by atoms with van der Waals surface area (Å²) in [6.45, 7) is 8.38. The van der Waals surface area contributed by atoms with Crippen LogP contribution in [0.4, 0.5) is 0 Å². The fourth-order valence-electron chi connectivity index (χ4n) is 3.10. The molecule has 1 aromatic carbocycles. The van der Waals surface area contributed by atoms with Gasteiger partial charge in [-0.3, -0.25) is 4.79 Å². The summed E-state index contributed by atoms with van der Waals surface area (Å²) >= 11 is 0. The van der Waals surface area contributed by atoms with Crippen LogP contribution in [0.1, 0.15) is 51.4 Å². The van der Waals surface area contributed by atoms with Crippen molar-refractivity contribution >= 4 is 5.91 Å². The molecule has 18 heavy (non-hydrogen) atoms. The van der Waals surface area contributed by atoms with Gasteiger partial charge in [-0.25, -0.2) is 0 Å². The molecule has 0 aromatic heterocycles. The zero-order chi connectivity index (χ0) is 13.3. The van der Waals surface area contributed by atoms with E-state index in [4.69, 9.17) is 5.73 Å². The minimum absolute atomic E-state index is 0.324. The maximum atomic E-state index is 11.4. The maximum absolute atomic E-state index is 11.4. The second-order valence-corrected chi connectivity index (χ2v) is 5.29. The van der Waals surface area contributed by atoms with E-state index in [2.05, 4.69) is 19.2 Å². The average molecular weight is 246 g/mol. The zero-order valence-corrected chi connectivity index (χ0v) is 11.5. The SMILES string of the molecule is Cc1cc(C(N)=O)c(C)c(C)c1C1CCNCC1. The molecule has 3 nitrogen and oxygen atoms in total. The highest BCUT2D eigenvalue weighted by atomic mass is 16.1. The Morgan fingerprint density at radius 2 is 1.83 bits per heavy atom. The maximum Gasteiger partial charge on any atom is 0.248 e. The van der Waals surface area contributed by atoms with Crippen molar-refractivity contribution in [2.45, 2.75) is 39.5 Å². The fraction of sp³-hybridized carbons (Fsp3) is 0.533. The van der Waals surface area contributed by atoms with E-state index in [0.29, 0.717) is 11.5 Å². The van der Waals surface area contributed by atoms with Gasteiger partial charge in [0.15, 0.2) is 0 Å². The summed E-state index contributed by atoms with van der Waals surface area (Å²) < 4.78 is 0. The average Bonchev–Trinajstić information content (AvgIpc) is 2.35. The fourth-order valence-corrected chi connectivity index (χ4v) is 3.10. The van der Waals surface area contributed by atoms with Gasteiger partial charge < -0.3 is 11.1 Å². The van der Waals surface area contributed by atoms with Crippen LogP contribution in [0.2, 0.25) is 0 Å². The van der Waals surface area contributed by atoms with Gasteiger partial charge in [0.05, 0.1) is 0 Å². The van der Waals surface area contributed by atoms with Crippen molar-refractivity contribution in [1.82, 2.24) is 5.32 Å². The van der Waals surface area contributed by atoms with Gasteiger partial charge in [0.25, 0.3) is 0 Å². The normalized spacial score (nSPS) is 16.8. The van der Waals surface area contributed by atoms with Crippen molar-refractivity contribution in [1.29, 1.82) is 0 Å². The van der Waals surface area contributed by atoms with Crippen molar-refractivity contribution in [3.63, 3.8) is 0 Å². The molecule has 1 fully saturated rings. The van der Waals surface area contributed by atoms with E-state index in [1.807, 2.05) is 13.0 Å². The van der Waals surface area contributed by atoms with Gasteiger partial charge in [0.1, 0.15) is 0 Å². The Labute approximate surface area is 109 Å². The Balaban J connectivity index is 2.48. The Hall–Kier alpha value is -1.35. The van der Waals surface area contributed by atoms with E-state index >= 15 is 0 Å². The first kappa shape index (κ1) is 13.1. The van der Waals surface area contributed by atoms with Crippen LogP contribution in [0.25, 0.3) is 0 Å². The molecule has 3 heteroatoms. The van der Waals surface area contributed by atoms with Crippen LogP contribution in [0.5, 0.6) is 0 Å². The molecule has 0 radical (unpaired) electrons. The number of hydrogen-bond donors (Lipinski definition) is 2. The highest BCUT2D eigenvalue weighted by Gasteiger charge is 2.21. The number of hydrogen-bond acceptors (Lipinski definition) is 2. The number of nitrogens with two attached hydrogens (primary N) is 1. The summed E-state index contributed by atoms with van der Waals surface area (Å²) in [5.41, 5.74) is 11.0. The molecule has 0 saturated carbocycles. The summed E-state index contributed by atoms with van der Waals surface area (Å²) in [7, 11) is 0. The Kier molecular flexibility index (Phi) is 3.71. The summed E-state index contributed by atoms with van der Waals surface area (Å²) in [5, 5.41) is 3.39. The summed E-state index contributed by atoms with van der Waals surface area (Å²) in [4.78, 5) is 11.4. The number of primary amides is 1. The lowest BCUT2D eigenvalue weighted by Crippen LogP contribution is -2.27. The molecule has 98 valence electrons. The van der Waals surface area contributed by atoms with E-state index in [1.54, 1.807) is 0 Å². The van der Waals surface area contributed by atoms with Crippen LogP contribution < -0.4 is 11.1 Å². The van der Waals surface area contributed by atoms with Crippen LogP contribution in [0, 0.1) is 20.8 Å². The predicted octanol–water partition coefficient (Wildman–Crippen LogP) is 2.18. The molecule has 2 rings (SSSR count). The number of amides is 1. The quantitative estimate of drug-likeness (QED) is 0.840. The van der Waals surface area contributed by atoms with Crippen LogP contribution >= 0.6 is 0 Å². The van der Waals surface area contributed by atoms with Crippen molar-refractivity contribution in [3.8, 4) is 0 Å². The number of carbonyl (C=O) groups excluding carboxylic acids is 1. The van der Waals surface area contributed by atoms with E-state index < -0.39 is 0 Å². The molecular formula is C15H22N2O. The third kappa shape index (κ3) is 2.27.